The Bertz CT molecular complexity index is 566. The first kappa shape index (κ1) is 45.9. The third kappa shape index (κ3) is 32.4. The van der Waals surface area contributed by atoms with E-state index in [1.165, 1.54) is 77.0 Å². The number of carbonyl (C=O) groups is 2. The van der Waals surface area contributed by atoms with Crippen LogP contribution in [0.25, 0.3) is 0 Å². The Kier molecular flexibility index (Phi) is 33.3. The highest BCUT2D eigenvalue weighted by Gasteiger charge is 2.22. The molecule has 0 unspecified atom stereocenters. The first-order valence-corrected chi connectivity index (χ1v) is 17.1. The van der Waals surface area contributed by atoms with E-state index in [1.54, 1.807) is 0 Å². The van der Waals surface area contributed by atoms with Crippen LogP contribution in [0.15, 0.2) is 0 Å². The Hall–Kier alpha value is -0.560. The Morgan fingerprint density at radius 2 is 0.690 bits per heavy atom. The minimum Gasteiger partial charge on any atom is -1.00 e. The van der Waals surface area contributed by atoms with Gasteiger partial charge in [-0.1, -0.05) is 104 Å². The predicted molar refractivity (Wildman–Crippen MR) is 169 cm³/mol. The van der Waals surface area contributed by atoms with E-state index < -0.39 is 0 Å². The summed E-state index contributed by atoms with van der Waals surface area (Å²) < 4.78 is 12.4. The third-order valence-electron chi connectivity index (χ3n) is 7.91. The molecule has 0 aliphatic rings. The number of rotatable bonds is 29. The molecule has 0 amide bonds. The fourth-order valence-electron chi connectivity index (χ4n) is 5.23. The van der Waals surface area contributed by atoms with Gasteiger partial charge < -0.3 is 43.3 Å². The van der Waals surface area contributed by atoms with Crippen molar-refractivity contribution in [1.29, 1.82) is 0 Å². The molecule has 0 fully saturated rings. The molecule has 254 valence electrons. The zero-order valence-corrected chi connectivity index (χ0v) is 30.2. The van der Waals surface area contributed by atoms with Crippen molar-refractivity contribution in [1.82, 2.24) is 0 Å². The summed E-state index contributed by atoms with van der Waals surface area (Å²) in [6.07, 6.45) is 24.6. The van der Waals surface area contributed by atoms with Crippen LogP contribution in [0.5, 0.6) is 0 Å². The van der Waals surface area contributed by atoms with Gasteiger partial charge in [0.1, 0.15) is 0 Å². The quantitative estimate of drug-likeness (QED) is 0.0714. The molecule has 0 spiro atoms. The number of nitrogens with zero attached hydrogens (tertiary/aromatic N) is 2. The highest BCUT2D eigenvalue weighted by atomic mass is 35.5. The fourth-order valence-corrected chi connectivity index (χ4v) is 5.23. The van der Waals surface area contributed by atoms with Gasteiger partial charge >= 0.3 is 11.9 Å². The SMILES string of the molecule is CCCCCCCCCCOC(=O)C[N+](C)(C)CCCCCC[N+](C)(C)CC(=O)OCCCCCCCCCC.[Cl-].[Cl-]. The fraction of sp³-hybridized carbons (Fsp3) is 0.941. The van der Waals surface area contributed by atoms with Crippen LogP contribution in [0.1, 0.15) is 142 Å². The Morgan fingerprint density at radius 3 is 1.00 bits per heavy atom. The van der Waals surface area contributed by atoms with Crippen molar-refractivity contribution in [2.45, 2.75) is 142 Å². The normalized spacial score (nSPS) is 11.5. The van der Waals surface area contributed by atoms with Gasteiger partial charge in [0.05, 0.1) is 54.5 Å². The maximum atomic E-state index is 12.3. The molecular formula is C34H70Cl2N2O4. The number of halogens is 2. The summed E-state index contributed by atoms with van der Waals surface area (Å²) in [7, 11) is 8.49. The van der Waals surface area contributed by atoms with E-state index in [4.69, 9.17) is 9.47 Å². The van der Waals surface area contributed by atoms with Crippen LogP contribution in [-0.2, 0) is 19.1 Å². The molecule has 0 aromatic rings. The molecule has 0 aliphatic heterocycles. The summed E-state index contributed by atoms with van der Waals surface area (Å²) in [6, 6.07) is 0. The molecule has 0 saturated heterocycles. The average Bonchev–Trinajstić information content (AvgIpc) is 2.88. The molecular weight excluding hydrogens is 571 g/mol. The van der Waals surface area contributed by atoms with E-state index in [2.05, 4.69) is 42.0 Å². The third-order valence-corrected chi connectivity index (χ3v) is 7.91. The van der Waals surface area contributed by atoms with E-state index in [1.807, 2.05) is 0 Å². The molecule has 0 aromatic carbocycles. The van der Waals surface area contributed by atoms with Gasteiger partial charge in [0.25, 0.3) is 0 Å². The van der Waals surface area contributed by atoms with Gasteiger partial charge in [0.15, 0.2) is 13.1 Å². The lowest BCUT2D eigenvalue weighted by atomic mass is 10.1. The summed E-state index contributed by atoms with van der Waals surface area (Å²) in [5.41, 5.74) is 0. The maximum absolute atomic E-state index is 12.3. The van der Waals surface area contributed by atoms with E-state index in [9.17, 15) is 9.59 Å². The predicted octanol–water partition coefficient (Wildman–Crippen LogP) is 2.08. The van der Waals surface area contributed by atoms with Crippen molar-refractivity contribution in [3.8, 4) is 0 Å². The summed E-state index contributed by atoms with van der Waals surface area (Å²) in [6.45, 7) is 8.48. The lowest BCUT2D eigenvalue weighted by Gasteiger charge is -2.29. The van der Waals surface area contributed by atoms with Crippen LogP contribution in [0.2, 0.25) is 0 Å². The van der Waals surface area contributed by atoms with Crippen LogP contribution in [0.4, 0.5) is 0 Å². The molecule has 8 heteroatoms. The van der Waals surface area contributed by atoms with Crippen molar-refractivity contribution in [3.05, 3.63) is 0 Å². The first-order valence-electron chi connectivity index (χ1n) is 17.1. The number of hydrogen-bond donors (Lipinski definition) is 0. The maximum Gasteiger partial charge on any atom is 0.361 e. The molecule has 0 rings (SSSR count). The minimum absolute atomic E-state index is 0. The number of esters is 2. The molecule has 0 aromatic heterocycles. The van der Waals surface area contributed by atoms with Gasteiger partial charge in [-0.25, -0.2) is 9.59 Å². The summed E-state index contributed by atoms with van der Waals surface area (Å²) >= 11 is 0. The first-order chi connectivity index (χ1) is 19.1. The number of quaternary nitrogens is 2. The zero-order valence-electron chi connectivity index (χ0n) is 28.7. The molecule has 0 heterocycles. The monoisotopic (exact) mass is 640 g/mol. The van der Waals surface area contributed by atoms with Crippen molar-refractivity contribution in [3.63, 3.8) is 0 Å². The van der Waals surface area contributed by atoms with Gasteiger partial charge in [-0.3, -0.25) is 0 Å². The Labute approximate surface area is 274 Å². The van der Waals surface area contributed by atoms with E-state index in [-0.39, 0.29) is 36.8 Å². The topological polar surface area (TPSA) is 52.6 Å². The Balaban J connectivity index is -0.00000760. The minimum atomic E-state index is -0.0682. The van der Waals surface area contributed by atoms with Gasteiger partial charge in [-0.15, -0.1) is 0 Å². The lowest BCUT2D eigenvalue weighted by molar-refractivity contribution is -0.884. The van der Waals surface area contributed by atoms with Crippen LogP contribution in [0.3, 0.4) is 0 Å². The molecule has 0 N–H and O–H groups in total. The second-order valence-electron chi connectivity index (χ2n) is 13.4. The highest BCUT2D eigenvalue weighted by Crippen LogP contribution is 2.11. The zero-order chi connectivity index (χ0) is 30.0. The highest BCUT2D eigenvalue weighted by molar-refractivity contribution is 5.70. The summed E-state index contributed by atoms with van der Waals surface area (Å²) in [5.74, 6) is -0.136. The van der Waals surface area contributed by atoms with Crippen molar-refractivity contribution >= 4 is 11.9 Å². The van der Waals surface area contributed by atoms with Crippen LogP contribution >= 0.6 is 0 Å². The molecule has 0 bridgehead atoms. The lowest BCUT2D eigenvalue weighted by Crippen LogP contribution is -3.00. The second kappa shape index (κ2) is 30.5. The van der Waals surface area contributed by atoms with Gasteiger partial charge in [-0.05, 0) is 38.5 Å². The number of likely N-dealkylation sites (N-methyl/N-ethyl adjacent to an activating group) is 2. The number of hydrogen-bond acceptors (Lipinski definition) is 4. The number of unbranched alkanes of at least 4 members (excludes halogenated alkanes) is 17. The summed E-state index contributed by atoms with van der Waals surface area (Å²) in [5, 5.41) is 0. The van der Waals surface area contributed by atoms with Crippen LogP contribution in [-0.4, -0.2) is 88.5 Å². The van der Waals surface area contributed by atoms with E-state index in [0.717, 1.165) is 64.5 Å². The van der Waals surface area contributed by atoms with Crippen LogP contribution in [0, 0.1) is 0 Å². The molecule has 6 nitrogen and oxygen atoms in total. The smallest absolute Gasteiger partial charge is 0.361 e. The van der Waals surface area contributed by atoms with Crippen molar-refractivity contribution < 1.29 is 52.8 Å². The molecule has 0 radical (unpaired) electrons. The average molecular weight is 642 g/mol. The van der Waals surface area contributed by atoms with Gasteiger partial charge in [0.2, 0.25) is 0 Å². The summed E-state index contributed by atoms with van der Waals surface area (Å²) in [4.78, 5) is 24.6. The van der Waals surface area contributed by atoms with Crippen LogP contribution < -0.4 is 24.8 Å². The second-order valence-corrected chi connectivity index (χ2v) is 13.4. The Morgan fingerprint density at radius 1 is 0.429 bits per heavy atom. The number of carbonyl (C=O) groups excluding carboxylic acids is 2. The molecule has 42 heavy (non-hydrogen) atoms. The van der Waals surface area contributed by atoms with Crippen molar-refractivity contribution in [2.75, 3.05) is 67.6 Å². The van der Waals surface area contributed by atoms with Gasteiger partial charge in [0, 0.05) is 0 Å². The molecule has 0 atom stereocenters. The van der Waals surface area contributed by atoms with E-state index in [0.29, 0.717) is 35.3 Å². The molecule has 0 aliphatic carbocycles. The van der Waals surface area contributed by atoms with E-state index >= 15 is 0 Å². The number of ether oxygens (including phenoxy) is 2. The van der Waals surface area contributed by atoms with Crippen molar-refractivity contribution in [2.24, 2.45) is 0 Å². The standard InChI is InChI=1S/C34H70N2O4.2ClH/c1-7-9-11-13-15-17-21-25-29-39-33(37)31-35(3,4)27-23-19-20-24-28-36(5,6)32-34(38)40-30-26-22-18-16-14-12-10-8-2;;/h7-32H2,1-6H3;2*1H/q+2;;/p-2. The largest absolute Gasteiger partial charge is 1.00 e. The molecule has 0 saturated carbocycles. The van der Waals surface area contributed by atoms with Gasteiger partial charge in [-0.2, -0.15) is 0 Å².